The SMILES string of the molecule is CC(NC1CCCC1C#N)c1cc(Br)cs1. The molecule has 86 valence electrons. The summed E-state index contributed by atoms with van der Waals surface area (Å²) in [5.74, 6) is 0.200. The molecule has 1 heterocycles. The molecule has 1 aromatic heterocycles. The van der Waals surface area contributed by atoms with Gasteiger partial charge in [0.05, 0.1) is 12.0 Å². The lowest BCUT2D eigenvalue weighted by Crippen LogP contribution is -2.33. The molecule has 1 aliphatic rings. The maximum atomic E-state index is 9.03. The van der Waals surface area contributed by atoms with E-state index in [2.05, 4.69) is 45.7 Å². The van der Waals surface area contributed by atoms with E-state index in [-0.39, 0.29) is 5.92 Å². The van der Waals surface area contributed by atoms with Crippen LogP contribution in [0.2, 0.25) is 0 Å². The van der Waals surface area contributed by atoms with Gasteiger partial charge in [0.15, 0.2) is 0 Å². The monoisotopic (exact) mass is 298 g/mol. The van der Waals surface area contributed by atoms with Crippen LogP contribution in [-0.4, -0.2) is 6.04 Å². The number of nitrogens with one attached hydrogen (secondary N) is 1. The largest absolute Gasteiger partial charge is 0.305 e. The molecule has 1 fully saturated rings. The molecule has 0 aromatic carbocycles. The summed E-state index contributed by atoms with van der Waals surface area (Å²) in [6, 6.07) is 5.28. The molecule has 4 heteroatoms. The second-order valence-corrected chi connectivity index (χ2v) is 6.19. The summed E-state index contributed by atoms with van der Waals surface area (Å²) in [5.41, 5.74) is 0. The fraction of sp³-hybridized carbons (Fsp3) is 0.583. The topological polar surface area (TPSA) is 35.8 Å². The van der Waals surface area contributed by atoms with Crippen LogP contribution in [0.15, 0.2) is 15.9 Å². The van der Waals surface area contributed by atoms with E-state index in [0.29, 0.717) is 12.1 Å². The van der Waals surface area contributed by atoms with E-state index in [1.165, 1.54) is 11.3 Å². The van der Waals surface area contributed by atoms with Gasteiger partial charge in [0.1, 0.15) is 0 Å². The van der Waals surface area contributed by atoms with Gasteiger partial charge in [0.2, 0.25) is 0 Å². The summed E-state index contributed by atoms with van der Waals surface area (Å²) in [7, 11) is 0. The van der Waals surface area contributed by atoms with E-state index >= 15 is 0 Å². The van der Waals surface area contributed by atoms with E-state index in [1.807, 2.05) is 0 Å². The zero-order valence-corrected chi connectivity index (χ0v) is 11.6. The van der Waals surface area contributed by atoms with Gasteiger partial charge in [-0.15, -0.1) is 11.3 Å². The Kier molecular flexibility index (Phi) is 4.01. The van der Waals surface area contributed by atoms with Gasteiger partial charge in [-0.25, -0.2) is 0 Å². The van der Waals surface area contributed by atoms with Crippen molar-refractivity contribution < 1.29 is 0 Å². The highest BCUT2D eigenvalue weighted by atomic mass is 79.9. The molecular weight excluding hydrogens is 284 g/mol. The quantitative estimate of drug-likeness (QED) is 0.920. The van der Waals surface area contributed by atoms with Crippen molar-refractivity contribution in [3.8, 4) is 6.07 Å². The Morgan fingerprint density at radius 1 is 1.62 bits per heavy atom. The van der Waals surface area contributed by atoms with Gasteiger partial charge < -0.3 is 5.32 Å². The molecular formula is C12H15BrN2S. The first-order chi connectivity index (χ1) is 7.70. The molecule has 1 saturated carbocycles. The predicted octanol–water partition coefficient (Wildman–Crippen LogP) is 3.85. The smallest absolute Gasteiger partial charge is 0.0672 e. The predicted molar refractivity (Wildman–Crippen MR) is 70.3 cm³/mol. The number of nitriles is 1. The van der Waals surface area contributed by atoms with Crippen molar-refractivity contribution in [2.24, 2.45) is 5.92 Å². The van der Waals surface area contributed by atoms with E-state index in [0.717, 1.165) is 17.3 Å². The maximum Gasteiger partial charge on any atom is 0.0672 e. The Morgan fingerprint density at radius 3 is 3.06 bits per heavy atom. The van der Waals surface area contributed by atoms with Gasteiger partial charge >= 0.3 is 0 Å². The van der Waals surface area contributed by atoms with Gasteiger partial charge in [0, 0.05) is 26.8 Å². The highest BCUT2D eigenvalue weighted by molar-refractivity contribution is 9.10. The van der Waals surface area contributed by atoms with Crippen LogP contribution in [-0.2, 0) is 0 Å². The van der Waals surface area contributed by atoms with Crippen LogP contribution < -0.4 is 5.32 Å². The Morgan fingerprint density at radius 2 is 2.44 bits per heavy atom. The Hall–Kier alpha value is -0.370. The van der Waals surface area contributed by atoms with Crippen LogP contribution in [0.1, 0.15) is 37.1 Å². The minimum atomic E-state index is 0.200. The second kappa shape index (κ2) is 5.31. The molecule has 3 atom stereocenters. The molecule has 16 heavy (non-hydrogen) atoms. The molecule has 0 radical (unpaired) electrons. The molecule has 0 saturated heterocycles. The molecule has 3 unspecified atom stereocenters. The van der Waals surface area contributed by atoms with Gasteiger partial charge in [-0.3, -0.25) is 0 Å². The van der Waals surface area contributed by atoms with Gasteiger partial charge in [-0.1, -0.05) is 6.42 Å². The zero-order valence-electron chi connectivity index (χ0n) is 9.24. The fourth-order valence-corrected chi connectivity index (χ4v) is 3.74. The van der Waals surface area contributed by atoms with E-state index in [4.69, 9.17) is 5.26 Å². The first kappa shape index (κ1) is 12.1. The van der Waals surface area contributed by atoms with Gasteiger partial charge in [0.25, 0.3) is 0 Å². The van der Waals surface area contributed by atoms with E-state index in [9.17, 15) is 0 Å². The maximum absolute atomic E-state index is 9.03. The summed E-state index contributed by atoms with van der Waals surface area (Å²) in [6.45, 7) is 2.17. The van der Waals surface area contributed by atoms with Crippen LogP contribution in [0, 0.1) is 17.2 Å². The van der Waals surface area contributed by atoms with Crippen LogP contribution >= 0.6 is 27.3 Å². The van der Waals surface area contributed by atoms with Crippen LogP contribution in [0.4, 0.5) is 0 Å². The average molecular weight is 299 g/mol. The number of rotatable bonds is 3. The summed E-state index contributed by atoms with van der Waals surface area (Å²) in [6.07, 6.45) is 3.36. The number of nitrogens with zero attached hydrogens (tertiary/aromatic N) is 1. The molecule has 1 N–H and O–H groups in total. The van der Waals surface area contributed by atoms with Gasteiger partial charge in [-0.2, -0.15) is 5.26 Å². The van der Waals surface area contributed by atoms with Crippen molar-refractivity contribution in [2.45, 2.75) is 38.3 Å². The summed E-state index contributed by atoms with van der Waals surface area (Å²) < 4.78 is 1.14. The van der Waals surface area contributed by atoms with Crippen LogP contribution in [0.25, 0.3) is 0 Å². The first-order valence-electron chi connectivity index (χ1n) is 5.60. The summed E-state index contributed by atoms with van der Waals surface area (Å²) in [5, 5.41) is 14.7. The second-order valence-electron chi connectivity index (χ2n) is 4.33. The molecule has 0 aliphatic heterocycles. The fourth-order valence-electron chi connectivity index (χ4n) is 2.27. The summed E-state index contributed by atoms with van der Waals surface area (Å²) >= 11 is 5.23. The highest BCUT2D eigenvalue weighted by Crippen LogP contribution is 2.30. The van der Waals surface area contributed by atoms with Gasteiger partial charge in [-0.05, 0) is 41.8 Å². The molecule has 0 amide bonds. The van der Waals surface area contributed by atoms with Crippen molar-refractivity contribution in [3.05, 3.63) is 20.8 Å². The van der Waals surface area contributed by atoms with Crippen molar-refractivity contribution in [1.29, 1.82) is 5.26 Å². The van der Waals surface area contributed by atoms with Crippen molar-refractivity contribution >= 4 is 27.3 Å². The molecule has 0 spiro atoms. The highest BCUT2D eigenvalue weighted by Gasteiger charge is 2.28. The van der Waals surface area contributed by atoms with Crippen molar-refractivity contribution in [1.82, 2.24) is 5.32 Å². The summed E-state index contributed by atoms with van der Waals surface area (Å²) in [4.78, 5) is 1.33. The average Bonchev–Trinajstić information content (AvgIpc) is 2.86. The Labute approximate surface area is 109 Å². The molecule has 2 nitrogen and oxygen atoms in total. The number of hydrogen-bond acceptors (Lipinski definition) is 3. The lowest BCUT2D eigenvalue weighted by molar-refractivity contribution is 0.421. The third-order valence-corrected chi connectivity index (χ3v) is 5.04. The molecule has 2 rings (SSSR count). The minimum Gasteiger partial charge on any atom is -0.305 e. The van der Waals surface area contributed by atoms with E-state index < -0.39 is 0 Å². The minimum absolute atomic E-state index is 0.200. The van der Waals surface area contributed by atoms with Crippen LogP contribution in [0.5, 0.6) is 0 Å². The van der Waals surface area contributed by atoms with E-state index in [1.54, 1.807) is 11.3 Å². The number of halogens is 1. The zero-order chi connectivity index (χ0) is 11.5. The lowest BCUT2D eigenvalue weighted by atomic mass is 10.0. The number of hydrogen-bond donors (Lipinski definition) is 1. The first-order valence-corrected chi connectivity index (χ1v) is 7.27. The van der Waals surface area contributed by atoms with Crippen molar-refractivity contribution in [2.75, 3.05) is 0 Å². The molecule has 1 aromatic rings. The molecule has 0 bridgehead atoms. The standard InChI is InChI=1S/C12H15BrN2S/c1-8(12-5-10(13)7-16-12)15-11-4-2-3-9(11)6-14/h5,7-9,11,15H,2-4H2,1H3. The Balaban J connectivity index is 1.97. The van der Waals surface area contributed by atoms with Crippen LogP contribution in [0.3, 0.4) is 0 Å². The number of thiophene rings is 1. The normalized spacial score (nSPS) is 26.6. The van der Waals surface area contributed by atoms with Crippen molar-refractivity contribution in [3.63, 3.8) is 0 Å². The Bertz CT molecular complexity index is 396. The lowest BCUT2D eigenvalue weighted by Gasteiger charge is -2.20. The molecule has 1 aliphatic carbocycles. The third kappa shape index (κ3) is 2.65. The third-order valence-electron chi connectivity index (χ3n) is 3.16.